The summed E-state index contributed by atoms with van der Waals surface area (Å²) in [6.07, 6.45) is 0. The monoisotopic (exact) mass is 209 g/mol. The minimum atomic E-state index is -2.86. The summed E-state index contributed by atoms with van der Waals surface area (Å²) in [6, 6.07) is 0. The van der Waals surface area contributed by atoms with Crippen LogP contribution < -0.4 is 47.7 Å². The van der Waals surface area contributed by atoms with Gasteiger partial charge >= 0.3 is 17.4 Å². The van der Waals surface area contributed by atoms with Crippen LogP contribution in [0.2, 0.25) is 0 Å². The summed E-state index contributed by atoms with van der Waals surface area (Å²) < 4.78 is 2.69. The van der Waals surface area contributed by atoms with Gasteiger partial charge in [-0.3, -0.25) is 26.1 Å². The summed E-state index contributed by atoms with van der Waals surface area (Å²) in [4.78, 5) is 5.18. The first-order valence-corrected chi connectivity index (χ1v) is 7.54. The first-order chi connectivity index (χ1) is 5.12. The predicted octanol–water partition coefficient (Wildman–Crippen LogP) is -6.00. The molecular formula is CH15N9Si2. The Balaban J connectivity index is 2.81. The van der Waals surface area contributed by atoms with Gasteiger partial charge in [-0.2, -0.15) is 0 Å². The van der Waals surface area contributed by atoms with E-state index in [-0.39, 0.29) is 0 Å². The molecule has 1 heterocycles. The lowest BCUT2D eigenvalue weighted by molar-refractivity contribution is 0.358. The molecule has 0 bridgehead atoms. The van der Waals surface area contributed by atoms with Gasteiger partial charge in [-0.25, -0.2) is 0 Å². The fourth-order valence-corrected chi connectivity index (χ4v) is 5.98. The molecule has 0 unspecified atom stereocenters. The maximum atomic E-state index is 5.60. The molecule has 15 N–H and O–H groups in total. The normalized spacial score (nSPS) is 31.5. The van der Waals surface area contributed by atoms with Gasteiger partial charge in [-0.1, -0.05) is 0 Å². The second-order valence-electron chi connectivity index (χ2n) is 2.98. The lowest BCUT2D eigenvalue weighted by Gasteiger charge is -2.46. The fourth-order valence-electron chi connectivity index (χ4n) is 1.12. The molecule has 0 amide bonds. The molecule has 1 saturated heterocycles. The molecule has 0 spiro atoms. The van der Waals surface area contributed by atoms with Gasteiger partial charge in [0, 0.05) is 0 Å². The van der Waals surface area contributed by atoms with Crippen LogP contribution in [0.5, 0.6) is 0 Å². The zero-order valence-corrected chi connectivity index (χ0v) is 8.46. The van der Waals surface area contributed by atoms with Crippen molar-refractivity contribution < 1.29 is 0 Å². The highest BCUT2D eigenvalue weighted by Gasteiger charge is 2.48. The number of nitrogens with one attached hydrogen (secondary N) is 3. The Bertz CT molecular complexity index is 140. The van der Waals surface area contributed by atoms with Crippen molar-refractivity contribution in [2.24, 2.45) is 33.1 Å². The molecule has 12 heavy (non-hydrogen) atoms. The molecule has 11 heteroatoms. The Morgan fingerprint density at radius 2 is 1.17 bits per heavy atom. The predicted molar refractivity (Wildman–Crippen MR) is 48.8 cm³/mol. The third-order valence-electron chi connectivity index (χ3n) is 1.24. The van der Waals surface area contributed by atoms with Crippen LogP contribution in [0.1, 0.15) is 0 Å². The van der Waals surface area contributed by atoms with Gasteiger partial charge in [0.05, 0.1) is 0 Å². The van der Waals surface area contributed by atoms with Crippen LogP contribution >= 0.6 is 0 Å². The average molecular weight is 209 g/mol. The fraction of sp³-hybridized carbons (Fsp3) is 1.00. The zero-order valence-electron chi connectivity index (χ0n) is 6.46. The zero-order chi connectivity index (χ0) is 9.62. The highest BCUT2D eigenvalue weighted by Crippen LogP contribution is 1.91. The van der Waals surface area contributed by atoms with E-state index in [1.165, 1.54) is 0 Å². The van der Waals surface area contributed by atoms with Crippen molar-refractivity contribution in [1.82, 2.24) is 14.6 Å². The van der Waals surface area contributed by atoms with Gasteiger partial charge in [0.15, 0.2) is 5.91 Å². The summed E-state index contributed by atoms with van der Waals surface area (Å²) >= 11 is 0. The second kappa shape index (κ2) is 2.53. The Labute approximate surface area is 71.8 Å². The van der Waals surface area contributed by atoms with Crippen molar-refractivity contribution in [1.29, 1.82) is 0 Å². The molecule has 0 aliphatic carbocycles. The van der Waals surface area contributed by atoms with E-state index in [0.29, 0.717) is 0 Å². The van der Waals surface area contributed by atoms with Crippen molar-refractivity contribution >= 4 is 17.4 Å². The Kier molecular flexibility index (Phi) is 2.14. The van der Waals surface area contributed by atoms with Crippen molar-refractivity contribution in [2.75, 3.05) is 0 Å². The van der Waals surface area contributed by atoms with Gasteiger partial charge in [0.1, 0.15) is 0 Å². The van der Waals surface area contributed by atoms with Crippen molar-refractivity contribution in [3.63, 3.8) is 0 Å². The van der Waals surface area contributed by atoms with Gasteiger partial charge in [-0.05, 0) is 0 Å². The van der Waals surface area contributed by atoms with Crippen LogP contribution in [-0.2, 0) is 0 Å². The van der Waals surface area contributed by atoms with E-state index >= 15 is 0 Å². The molecule has 1 rings (SSSR count). The molecular weight excluding hydrogens is 194 g/mol. The molecule has 9 nitrogen and oxygen atoms in total. The second-order valence-corrected chi connectivity index (χ2v) is 7.96. The van der Waals surface area contributed by atoms with Crippen LogP contribution in [0.3, 0.4) is 0 Å². The minimum absolute atomic E-state index is 1.39. The van der Waals surface area contributed by atoms with Crippen LogP contribution in [0.25, 0.3) is 0 Å². The maximum absolute atomic E-state index is 5.60. The van der Waals surface area contributed by atoms with Crippen LogP contribution in [0, 0.1) is 0 Å². The van der Waals surface area contributed by atoms with Gasteiger partial charge < -0.3 is 21.6 Å². The van der Waals surface area contributed by atoms with Crippen molar-refractivity contribution in [3.8, 4) is 0 Å². The van der Waals surface area contributed by atoms with E-state index in [0.717, 1.165) is 0 Å². The quantitative estimate of drug-likeness (QED) is 0.138. The lowest BCUT2D eigenvalue weighted by Crippen LogP contribution is -3.03. The number of nitrogens with two attached hydrogens (primary N) is 6. The van der Waals surface area contributed by atoms with E-state index in [2.05, 4.69) is 14.6 Å². The van der Waals surface area contributed by atoms with Gasteiger partial charge in [0.2, 0.25) is 0 Å². The van der Waals surface area contributed by atoms with Crippen molar-refractivity contribution in [2.45, 2.75) is 5.91 Å². The molecule has 72 valence electrons. The maximum Gasteiger partial charge on any atom is 0.360 e. The first kappa shape index (κ1) is 10.2. The Morgan fingerprint density at radius 1 is 0.833 bits per heavy atom. The van der Waals surface area contributed by atoms with Crippen LogP contribution in [-0.4, -0.2) is 23.4 Å². The number of hydrogen-bond acceptors (Lipinski definition) is 9. The van der Waals surface area contributed by atoms with E-state index in [9.17, 15) is 0 Å². The van der Waals surface area contributed by atoms with Crippen molar-refractivity contribution in [3.05, 3.63) is 0 Å². The van der Waals surface area contributed by atoms with Crippen LogP contribution in [0.15, 0.2) is 0 Å². The molecule has 0 saturated carbocycles. The Hall–Kier alpha value is 0.0738. The molecule has 0 radical (unpaired) electrons. The van der Waals surface area contributed by atoms with E-state index in [1.807, 2.05) is 0 Å². The third-order valence-corrected chi connectivity index (χ3v) is 6.21. The first-order valence-electron chi connectivity index (χ1n) is 3.23. The molecule has 0 aromatic heterocycles. The summed E-state index contributed by atoms with van der Waals surface area (Å²) in [7, 11) is -5.72. The number of hydrogen-bond donors (Lipinski definition) is 9. The lowest BCUT2D eigenvalue weighted by atomic mass is 10.8. The third kappa shape index (κ3) is 2.54. The van der Waals surface area contributed by atoms with E-state index in [1.54, 1.807) is 0 Å². The Morgan fingerprint density at radius 3 is 1.42 bits per heavy atom. The average Bonchev–Trinajstić information content (AvgIpc) is 1.44. The summed E-state index contributed by atoms with van der Waals surface area (Å²) in [5, 5.41) is 22.4. The highest BCUT2D eigenvalue weighted by molar-refractivity contribution is 6.86. The molecule has 1 aliphatic heterocycles. The topological polar surface area (TPSA) is 192 Å². The standard InChI is InChI=1S/CH15N9Si2/c2-1(3)8-11(4,5)10-12(6,7)9-1/h8-10H,2-7H2. The summed E-state index contributed by atoms with van der Waals surface area (Å²) in [5.74, 6) is -1.39. The largest absolute Gasteiger partial charge is 0.360 e. The molecule has 0 aromatic rings. The number of rotatable bonds is 0. The summed E-state index contributed by atoms with van der Waals surface area (Å²) in [5.41, 5.74) is 11.0. The summed E-state index contributed by atoms with van der Waals surface area (Å²) in [6.45, 7) is 0. The highest BCUT2D eigenvalue weighted by atomic mass is 28.4. The molecule has 1 aliphatic rings. The molecule has 0 aromatic carbocycles. The van der Waals surface area contributed by atoms with E-state index in [4.69, 9.17) is 33.1 Å². The SMILES string of the molecule is NC1(N)N[Si](N)(N)N[Si](N)(N)N1. The molecule has 1 fully saturated rings. The minimum Gasteiger partial charge on any atom is -0.314 e. The smallest absolute Gasteiger partial charge is 0.314 e. The van der Waals surface area contributed by atoms with Crippen LogP contribution in [0.4, 0.5) is 0 Å². The van der Waals surface area contributed by atoms with Gasteiger partial charge in [-0.15, -0.1) is 0 Å². The molecule has 0 atom stereocenters. The van der Waals surface area contributed by atoms with Gasteiger partial charge in [0.25, 0.3) is 0 Å². The van der Waals surface area contributed by atoms with E-state index < -0.39 is 23.4 Å².